The van der Waals surface area contributed by atoms with Gasteiger partial charge in [-0.15, -0.1) is 0 Å². The normalized spacial score (nSPS) is 18.7. The third kappa shape index (κ3) is 4.11. The minimum atomic E-state index is -0.0250. The molecule has 6 nitrogen and oxygen atoms in total. The van der Waals surface area contributed by atoms with Gasteiger partial charge in [0.05, 0.1) is 20.3 Å². The SMILES string of the molecule is COc1cc(N2CCOCC2)nc(Cl)c1NC(=O)CC1CCCC1. The van der Waals surface area contributed by atoms with Gasteiger partial charge in [0, 0.05) is 25.6 Å². The fourth-order valence-electron chi connectivity index (χ4n) is 3.38. The zero-order valence-corrected chi connectivity index (χ0v) is 14.8. The average molecular weight is 354 g/mol. The molecule has 3 rings (SSSR count). The van der Waals surface area contributed by atoms with E-state index < -0.39 is 0 Å². The fourth-order valence-corrected chi connectivity index (χ4v) is 3.60. The van der Waals surface area contributed by atoms with Gasteiger partial charge < -0.3 is 19.7 Å². The molecule has 2 fully saturated rings. The number of halogens is 1. The molecule has 0 unspecified atom stereocenters. The Bertz CT molecular complexity index is 585. The zero-order chi connectivity index (χ0) is 16.9. The number of carbonyl (C=O) groups excluding carboxylic acids is 1. The number of rotatable bonds is 5. The summed E-state index contributed by atoms with van der Waals surface area (Å²) in [6.07, 6.45) is 5.24. The molecule has 1 aliphatic heterocycles. The second-order valence-corrected chi connectivity index (χ2v) is 6.71. The Labute approximate surface area is 147 Å². The summed E-state index contributed by atoms with van der Waals surface area (Å²) in [4.78, 5) is 18.8. The molecule has 0 spiro atoms. The summed E-state index contributed by atoms with van der Waals surface area (Å²) >= 11 is 6.33. The first kappa shape index (κ1) is 17.3. The molecule has 2 heterocycles. The number of hydrogen-bond donors (Lipinski definition) is 1. The molecule has 1 N–H and O–H groups in total. The maximum Gasteiger partial charge on any atom is 0.224 e. The van der Waals surface area contributed by atoms with Gasteiger partial charge in [-0.3, -0.25) is 4.79 Å². The minimum absolute atomic E-state index is 0.0250. The monoisotopic (exact) mass is 353 g/mol. The lowest BCUT2D eigenvalue weighted by atomic mass is 10.0. The number of methoxy groups -OCH3 is 1. The van der Waals surface area contributed by atoms with Gasteiger partial charge in [-0.1, -0.05) is 24.4 Å². The minimum Gasteiger partial charge on any atom is -0.494 e. The van der Waals surface area contributed by atoms with Crippen LogP contribution in [0.5, 0.6) is 5.75 Å². The summed E-state index contributed by atoms with van der Waals surface area (Å²) in [6.45, 7) is 2.86. The molecule has 1 amide bonds. The number of pyridine rings is 1. The summed E-state index contributed by atoms with van der Waals surface area (Å²) in [6, 6.07) is 1.82. The molecule has 7 heteroatoms. The molecule has 0 atom stereocenters. The van der Waals surface area contributed by atoms with Crippen LogP contribution in [0.25, 0.3) is 0 Å². The van der Waals surface area contributed by atoms with Crippen molar-refractivity contribution >= 4 is 29.0 Å². The van der Waals surface area contributed by atoms with Crippen LogP contribution in [0, 0.1) is 5.92 Å². The van der Waals surface area contributed by atoms with Crippen molar-refractivity contribution in [2.24, 2.45) is 5.92 Å². The molecule has 1 aromatic heterocycles. The lowest BCUT2D eigenvalue weighted by Gasteiger charge is -2.28. The Balaban J connectivity index is 1.73. The van der Waals surface area contributed by atoms with Crippen molar-refractivity contribution < 1.29 is 14.3 Å². The van der Waals surface area contributed by atoms with Gasteiger partial charge >= 0.3 is 0 Å². The molecular formula is C17H24ClN3O3. The average Bonchev–Trinajstić information content (AvgIpc) is 3.10. The standard InChI is InChI=1S/C17H24ClN3O3/c1-23-13-11-14(21-6-8-24-9-7-21)19-17(18)16(13)20-15(22)10-12-4-2-3-5-12/h11-12H,2-10H2,1H3,(H,20,22). The number of nitrogens with one attached hydrogen (secondary N) is 1. The van der Waals surface area contributed by atoms with Crippen LogP contribution in [0.3, 0.4) is 0 Å². The van der Waals surface area contributed by atoms with Crippen LogP contribution < -0.4 is 15.0 Å². The van der Waals surface area contributed by atoms with E-state index in [-0.39, 0.29) is 11.1 Å². The predicted octanol–water partition coefficient (Wildman–Crippen LogP) is 3.10. The van der Waals surface area contributed by atoms with Crippen LogP contribution in [-0.4, -0.2) is 44.3 Å². The van der Waals surface area contributed by atoms with Gasteiger partial charge in [-0.05, 0) is 18.8 Å². The summed E-state index contributed by atoms with van der Waals surface area (Å²) in [5.41, 5.74) is 0.458. The van der Waals surface area contributed by atoms with Crippen molar-refractivity contribution in [2.75, 3.05) is 43.6 Å². The third-order valence-corrected chi connectivity index (χ3v) is 4.97. The molecule has 0 aromatic carbocycles. The number of nitrogens with zero attached hydrogens (tertiary/aromatic N) is 2. The third-order valence-electron chi connectivity index (χ3n) is 4.69. The molecular weight excluding hydrogens is 330 g/mol. The van der Waals surface area contributed by atoms with E-state index in [0.717, 1.165) is 31.7 Å². The fraction of sp³-hybridized carbons (Fsp3) is 0.647. The van der Waals surface area contributed by atoms with Crippen molar-refractivity contribution in [1.29, 1.82) is 0 Å². The van der Waals surface area contributed by atoms with Crippen molar-refractivity contribution in [1.82, 2.24) is 4.98 Å². The van der Waals surface area contributed by atoms with E-state index in [1.165, 1.54) is 12.8 Å². The van der Waals surface area contributed by atoms with E-state index in [1.807, 2.05) is 6.07 Å². The quantitative estimate of drug-likeness (QED) is 0.824. The Morgan fingerprint density at radius 2 is 2.12 bits per heavy atom. The second-order valence-electron chi connectivity index (χ2n) is 6.35. The highest BCUT2D eigenvalue weighted by molar-refractivity contribution is 6.33. The second kappa shape index (κ2) is 8.03. The van der Waals surface area contributed by atoms with Gasteiger partial charge in [0.1, 0.15) is 17.3 Å². The Morgan fingerprint density at radius 3 is 2.79 bits per heavy atom. The summed E-state index contributed by atoms with van der Waals surface area (Å²) in [5, 5.41) is 3.15. The van der Waals surface area contributed by atoms with Crippen molar-refractivity contribution in [2.45, 2.75) is 32.1 Å². The highest BCUT2D eigenvalue weighted by Gasteiger charge is 2.22. The smallest absolute Gasteiger partial charge is 0.224 e. The lowest BCUT2D eigenvalue weighted by Crippen LogP contribution is -2.36. The number of amides is 1. The molecule has 1 aliphatic carbocycles. The number of aromatic nitrogens is 1. The van der Waals surface area contributed by atoms with Crippen LogP contribution in [0.2, 0.25) is 5.15 Å². The maximum absolute atomic E-state index is 12.3. The summed E-state index contributed by atoms with van der Waals surface area (Å²) in [7, 11) is 1.57. The lowest BCUT2D eigenvalue weighted by molar-refractivity contribution is -0.117. The molecule has 1 saturated heterocycles. The molecule has 1 saturated carbocycles. The molecule has 0 radical (unpaired) electrons. The first-order chi connectivity index (χ1) is 11.7. The van der Waals surface area contributed by atoms with Gasteiger partial charge in [0.25, 0.3) is 0 Å². The van der Waals surface area contributed by atoms with E-state index in [2.05, 4.69) is 15.2 Å². The number of morpholine rings is 1. The van der Waals surface area contributed by atoms with Gasteiger partial charge in [-0.2, -0.15) is 0 Å². The van der Waals surface area contributed by atoms with Gasteiger partial charge in [0.2, 0.25) is 5.91 Å². The van der Waals surface area contributed by atoms with E-state index in [4.69, 9.17) is 21.1 Å². The van der Waals surface area contributed by atoms with Crippen LogP contribution in [0.1, 0.15) is 32.1 Å². The van der Waals surface area contributed by atoms with Gasteiger partial charge in [-0.25, -0.2) is 4.98 Å². The first-order valence-corrected chi connectivity index (χ1v) is 8.92. The number of carbonyl (C=O) groups is 1. The van der Waals surface area contributed by atoms with Crippen molar-refractivity contribution in [3.63, 3.8) is 0 Å². The summed E-state index contributed by atoms with van der Waals surface area (Å²) < 4.78 is 10.8. The maximum atomic E-state index is 12.3. The van der Waals surface area contributed by atoms with E-state index in [9.17, 15) is 4.79 Å². The number of anilines is 2. The highest BCUT2D eigenvalue weighted by atomic mass is 35.5. The molecule has 0 bridgehead atoms. The van der Waals surface area contributed by atoms with Crippen LogP contribution in [0.15, 0.2) is 6.07 Å². The summed E-state index contributed by atoms with van der Waals surface area (Å²) in [5.74, 6) is 1.74. The predicted molar refractivity (Wildman–Crippen MR) is 94.0 cm³/mol. The van der Waals surface area contributed by atoms with Crippen molar-refractivity contribution in [3.05, 3.63) is 11.2 Å². The Morgan fingerprint density at radius 1 is 1.42 bits per heavy atom. The van der Waals surface area contributed by atoms with E-state index >= 15 is 0 Å². The number of ether oxygens (including phenoxy) is 2. The van der Waals surface area contributed by atoms with E-state index in [1.54, 1.807) is 7.11 Å². The van der Waals surface area contributed by atoms with Crippen LogP contribution in [0.4, 0.5) is 11.5 Å². The first-order valence-electron chi connectivity index (χ1n) is 8.54. The van der Waals surface area contributed by atoms with Crippen LogP contribution >= 0.6 is 11.6 Å². The molecule has 2 aliphatic rings. The molecule has 24 heavy (non-hydrogen) atoms. The largest absolute Gasteiger partial charge is 0.494 e. The highest BCUT2D eigenvalue weighted by Crippen LogP contribution is 2.35. The van der Waals surface area contributed by atoms with Crippen molar-refractivity contribution in [3.8, 4) is 5.75 Å². The Hall–Kier alpha value is -1.53. The van der Waals surface area contributed by atoms with Crippen LogP contribution in [-0.2, 0) is 9.53 Å². The zero-order valence-electron chi connectivity index (χ0n) is 14.0. The Kier molecular flexibility index (Phi) is 5.79. The topological polar surface area (TPSA) is 63.7 Å². The molecule has 1 aromatic rings. The number of hydrogen-bond acceptors (Lipinski definition) is 5. The molecule has 132 valence electrons. The van der Waals surface area contributed by atoms with E-state index in [0.29, 0.717) is 37.0 Å². The van der Waals surface area contributed by atoms with Gasteiger partial charge in [0.15, 0.2) is 5.15 Å².